The topological polar surface area (TPSA) is 129 Å². The summed E-state index contributed by atoms with van der Waals surface area (Å²) in [6.07, 6.45) is 0. The Hall–Kier alpha value is -3.71. The molecule has 31 heavy (non-hydrogen) atoms. The summed E-state index contributed by atoms with van der Waals surface area (Å²) in [6, 6.07) is 9.21. The van der Waals surface area contributed by atoms with Gasteiger partial charge < -0.3 is 15.4 Å². The van der Waals surface area contributed by atoms with E-state index in [9.17, 15) is 19.2 Å². The van der Waals surface area contributed by atoms with Crippen LogP contribution in [0.1, 0.15) is 40.2 Å². The quantitative estimate of drug-likeness (QED) is 0.525. The van der Waals surface area contributed by atoms with Crippen LogP contribution in [0.2, 0.25) is 0 Å². The molecule has 3 rings (SSSR count). The summed E-state index contributed by atoms with van der Waals surface area (Å²) in [6.45, 7) is 4.72. The molecule has 1 fully saturated rings. The maximum Gasteiger partial charge on any atom is 0.348 e. The van der Waals surface area contributed by atoms with Crippen LogP contribution in [0.25, 0.3) is 0 Å². The van der Waals surface area contributed by atoms with E-state index < -0.39 is 35.9 Å². The van der Waals surface area contributed by atoms with Crippen LogP contribution < -0.4 is 10.6 Å². The zero-order chi connectivity index (χ0) is 22.8. The molecule has 1 aliphatic rings. The molecule has 1 saturated heterocycles. The first-order valence-electron chi connectivity index (χ1n) is 9.41. The number of benzene rings is 1. The van der Waals surface area contributed by atoms with Crippen molar-refractivity contribution in [2.24, 2.45) is 0 Å². The first-order valence-corrected chi connectivity index (χ1v) is 10.2. The molecule has 1 atom stereocenters. The van der Waals surface area contributed by atoms with Gasteiger partial charge in [-0.1, -0.05) is 12.1 Å². The molecule has 0 bridgehead atoms. The van der Waals surface area contributed by atoms with Gasteiger partial charge in [0.05, 0.1) is 23.2 Å². The largest absolute Gasteiger partial charge is 0.462 e. The molecule has 1 aliphatic heterocycles. The van der Waals surface area contributed by atoms with Gasteiger partial charge in [0.25, 0.3) is 5.91 Å². The molecule has 0 saturated carbocycles. The summed E-state index contributed by atoms with van der Waals surface area (Å²) in [5.74, 6) is -1.63. The van der Waals surface area contributed by atoms with Gasteiger partial charge in [0, 0.05) is 0 Å². The smallest absolute Gasteiger partial charge is 0.348 e. The maximum atomic E-state index is 12.9. The molecular weight excluding hydrogens is 420 g/mol. The number of aryl methyl sites for hydroxylation is 1. The van der Waals surface area contributed by atoms with Gasteiger partial charge in [0.1, 0.15) is 17.0 Å². The van der Waals surface area contributed by atoms with Crippen LogP contribution in [-0.4, -0.2) is 41.9 Å². The lowest BCUT2D eigenvalue weighted by molar-refractivity contribution is -0.133. The van der Waals surface area contributed by atoms with Gasteiger partial charge in [0.2, 0.25) is 5.91 Å². The van der Waals surface area contributed by atoms with E-state index in [1.54, 1.807) is 51.1 Å². The number of imide groups is 1. The highest BCUT2D eigenvalue weighted by Gasteiger charge is 2.49. The van der Waals surface area contributed by atoms with Gasteiger partial charge in [0.15, 0.2) is 0 Å². The van der Waals surface area contributed by atoms with Crippen LogP contribution >= 0.6 is 11.3 Å². The Balaban J connectivity index is 1.71. The zero-order valence-electron chi connectivity index (χ0n) is 17.1. The van der Waals surface area contributed by atoms with Crippen LogP contribution in [0.4, 0.5) is 9.80 Å². The number of hydrogen-bond donors (Lipinski definition) is 2. The fraction of sp³-hybridized carbons (Fsp3) is 0.286. The molecule has 160 valence electrons. The fourth-order valence-electron chi connectivity index (χ4n) is 3.18. The average Bonchev–Trinajstić information content (AvgIpc) is 3.20. The van der Waals surface area contributed by atoms with Crippen molar-refractivity contribution in [2.75, 3.05) is 18.5 Å². The zero-order valence-corrected chi connectivity index (χ0v) is 18.0. The number of ether oxygens (including phenoxy) is 1. The second-order valence-electron chi connectivity index (χ2n) is 7.03. The molecular formula is C21H20N4O5S. The number of nitrogens with one attached hydrogen (secondary N) is 2. The van der Waals surface area contributed by atoms with Gasteiger partial charge >= 0.3 is 12.0 Å². The van der Waals surface area contributed by atoms with Crippen molar-refractivity contribution in [1.82, 2.24) is 10.2 Å². The molecule has 2 heterocycles. The number of amides is 4. The minimum absolute atomic E-state index is 0.238. The number of carbonyl (C=O) groups is 4. The van der Waals surface area contributed by atoms with Crippen molar-refractivity contribution >= 4 is 40.2 Å². The molecule has 2 N–H and O–H groups in total. The van der Waals surface area contributed by atoms with E-state index in [0.29, 0.717) is 26.6 Å². The predicted molar refractivity (Wildman–Crippen MR) is 112 cm³/mol. The van der Waals surface area contributed by atoms with Gasteiger partial charge in [-0.15, -0.1) is 11.3 Å². The molecule has 1 aromatic carbocycles. The Labute approximate surface area is 182 Å². The van der Waals surface area contributed by atoms with Crippen molar-refractivity contribution in [1.29, 1.82) is 5.26 Å². The Bertz CT molecular complexity index is 1100. The number of thiophene rings is 1. The Morgan fingerprint density at radius 2 is 1.97 bits per heavy atom. The number of hydrogen-bond acceptors (Lipinski definition) is 7. The summed E-state index contributed by atoms with van der Waals surface area (Å²) in [7, 11) is 0. The van der Waals surface area contributed by atoms with Crippen LogP contribution in [0, 0.1) is 18.3 Å². The lowest BCUT2D eigenvalue weighted by atomic mass is 9.91. The van der Waals surface area contributed by atoms with E-state index in [4.69, 9.17) is 10.00 Å². The third kappa shape index (κ3) is 4.27. The molecule has 2 aromatic rings. The van der Waals surface area contributed by atoms with Crippen molar-refractivity contribution < 1.29 is 23.9 Å². The number of nitrogens with zero attached hydrogens (tertiary/aromatic N) is 2. The summed E-state index contributed by atoms with van der Waals surface area (Å²) >= 11 is 1.06. The predicted octanol–water partition coefficient (Wildman–Crippen LogP) is 2.51. The van der Waals surface area contributed by atoms with Crippen LogP contribution in [0.5, 0.6) is 0 Å². The molecule has 4 amide bonds. The second-order valence-corrected chi connectivity index (χ2v) is 8.08. The lowest BCUT2D eigenvalue weighted by Gasteiger charge is -2.22. The summed E-state index contributed by atoms with van der Waals surface area (Å²) in [5.41, 5.74) is 0.235. The highest BCUT2D eigenvalue weighted by atomic mass is 32.1. The second kappa shape index (κ2) is 8.57. The van der Waals surface area contributed by atoms with Crippen LogP contribution in [-0.2, 0) is 19.9 Å². The highest BCUT2D eigenvalue weighted by molar-refractivity contribution is 7.18. The number of rotatable bonds is 6. The van der Waals surface area contributed by atoms with Crippen LogP contribution in [0.3, 0.4) is 0 Å². The third-order valence-electron chi connectivity index (χ3n) is 4.81. The van der Waals surface area contributed by atoms with Gasteiger partial charge in [-0.25, -0.2) is 9.59 Å². The fourth-order valence-corrected chi connectivity index (χ4v) is 4.16. The number of anilines is 1. The van der Waals surface area contributed by atoms with Gasteiger partial charge in [-0.05, 0) is 50.1 Å². The van der Waals surface area contributed by atoms with E-state index in [1.165, 1.54) is 0 Å². The SMILES string of the molecule is CCOC(=O)c1sc(NC(=O)CN2C(=O)N[C@](C)(c3ccc(C#N)cc3)C2=O)cc1C. The summed E-state index contributed by atoms with van der Waals surface area (Å²) < 4.78 is 4.98. The van der Waals surface area contributed by atoms with E-state index in [-0.39, 0.29) is 6.61 Å². The Morgan fingerprint density at radius 1 is 1.29 bits per heavy atom. The lowest BCUT2D eigenvalue weighted by Crippen LogP contribution is -2.42. The van der Waals surface area contributed by atoms with E-state index in [0.717, 1.165) is 16.2 Å². The third-order valence-corrected chi connectivity index (χ3v) is 5.94. The van der Waals surface area contributed by atoms with Crippen molar-refractivity contribution in [3.8, 4) is 6.07 Å². The number of nitriles is 1. The first kappa shape index (κ1) is 22.0. The molecule has 0 radical (unpaired) electrons. The number of esters is 1. The molecule has 0 aliphatic carbocycles. The molecule has 0 spiro atoms. The van der Waals surface area contributed by atoms with E-state index >= 15 is 0 Å². The summed E-state index contributed by atoms with van der Waals surface area (Å²) in [4.78, 5) is 51.0. The minimum atomic E-state index is -1.35. The average molecular weight is 440 g/mol. The van der Waals surface area contributed by atoms with Crippen LogP contribution in [0.15, 0.2) is 30.3 Å². The maximum absolute atomic E-state index is 12.9. The van der Waals surface area contributed by atoms with E-state index in [1.807, 2.05) is 6.07 Å². The van der Waals surface area contributed by atoms with Gasteiger partial charge in [-0.2, -0.15) is 5.26 Å². The van der Waals surface area contributed by atoms with Crippen molar-refractivity contribution in [3.05, 3.63) is 51.9 Å². The summed E-state index contributed by atoms with van der Waals surface area (Å²) in [5, 5.41) is 14.6. The first-order chi connectivity index (χ1) is 14.7. The number of urea groups is 1. The standard InChI is InChI=1S/C21H20N4O5S/c1-4-30-18(27)17-12(2)9-16(31-17)23-15(26)11-25-19(28)21(3,24-20(25)29)14-7-5-13(10-22)6-8-14/h5-9H,4,11H2,1-3H3,(H,23,26)(H,24,29)/t21-/m1/s1. The minimum Gasteiger partial charge on any atom is -0.462 e. The molecule has 1 aromatic heterocycles. The van der Waals surface area contributed by atoms with Crippen molar-refractivity contribution in [2.45, 2.75) is 26.3 Å². The monoisotopic (exact) mass is 440 g/mol. The Kier molecular flexibility index (Phi) is 6.08. The number of carbonyl (C=O) groups excluding carboxylic acids is 4. The normalized spacial score (nSPS) is 17.8. The highest BCUT2D eigenvalue weighted by Crippen LogP contribution is 2.30. The molecule has 10 heteroatoms. The Morgan fingerprint density at radius 3 is 2.58 bits per heavy atom. The van der Waals surface area contributed by atoms with Gasteiger partial charge in [-0.3, -0.25) is 14.5 Å². The van der Waals surface area contributed by atoms with Crippen molar-refractivity contribution in [3.63, 3.8) is 0 Å². The van der Waals surface area contributed by atoms with E-state index in [2.05, 4.69) is 10.6 Å². The molecule has 9 nitrogen and oxygen atoms in total. The molecule has 0 unspecified atom stereocenters.